The summed E-state index contributed by atoms with van der Waals surface area (Å²) in [6.45, 7) is 0.413. The van der Waals surface area contributed by atoms with Crippen molar-refractivity contribution in [2.45, 2.75) is 19.4 Å². The second kappa shape index (κ2) is 7.75. The highest BCUT2D eigenvalue weighted by atomic mass is 35.5. The third kappa shape index (κ3) is 4.53. The van der Waals surface area contributed by atoms with Crippen LogP contribution in [0.5, 0.6) is 0 Å². The highest BCUT2D eigenvalue weighted by Crippen LogP contribution is 2.15. The van der Waals surface area contributed by atoms with Gasteiger partial charge in [0, 0.05) is 13.2 Å². The van der Waals surface area contributed by atoms with Crippen LogP contribution in [0.15, 0.2) is 11.0 Å². The first-order chi connectivity index (χ1) is 9.10. The first-order valence-electron chi connectivity index (χ1n) is 5.77. The number of anilines is 1. The molecule has 0 aromatic carbocycles. The maximum Gasteiger partial charge on any atom is 0.327 e. The summed E-state index contributed by atoms with van der Waals surface area (Å²) >= 11 is 5.90. The maximum absolute atomic E-state index is 11.8. The number of hydrogen-bond donors (Lipinski definition) is 2. The molecule has 0 radical (unpaired) electrons. The standard InChI is InChI=1S/C11H16ClN3O4/c1-19-9(17)7-15-11(18)10(12)8(6-14-15)13-4-2-3-5-16/h6,13,16H,2-5,7H2,1H3. The van der Waals surface area contributed by atoms with Gasteiger partial charge in [0.2, 0.25) is 0 Å². The van der Waals surface area contributed by atoms with Gasteiger partial charge in [0.05, 0.1) is 19.0 Å². The van der Waals surface area contributed by atoms with E-state index in [2.05, 4.69) is 15.2 Å². The van der Waals surface area contributed by atoms with E-state index in [0.717, 1.165) is 11.1 Å². The number of aliphatic hydroxyl groups excluding tert-OH is 1. The number of carbonyl (C=O) groups excluding carboxylic acids is 1. The van der Waals surface area contributed by atoms with Crippen LogP contribution in [0.3, 0.4) is 0 Å². The molecule has 0 bridgehead atoms. The fourth-order valence-electron chi connectivity index (χ4n) is 1.35. The third-order valence-electron chi connectivity index (χ3n) is 2.39. The summed E-state index contributed by atoms with van der Waals surface area (Å²) in [6.07, 6.45) is 2.79. The van der Waals surface area contributed by atoms with Gasteiger partial charge in [-0.1, -0.05) is 11.6 Å². The second-order valence-electron chi connectivity index (χ2n) is 3.77. The molecule has 0 aliphatic rings. The fourth-order valence-corrected chi connectivity index (χ4v) is 1.56. The zero-order valence-corrected chi connectivity index (χ0v) is 11.3. The van der Waals surface area contributed by atoms with Crippen LogP contribution in [-0.4, -0.2) is 41.1 Å². The monoisotopic (exact) mass is 289 g/mol. The Kier molecular flexibility index (Phi) is 6.31. The van der Waals surface area contributed by atoms with Crippen molar-refractivity contribution in [2.24, 2.45) is 0 Å². The fraction of sp³-hybridized carbons (Fsp3) is 0.545. The lowest BCUT2D eigenvalue weighted by atomic mass is 10.3. The Bertz CT molecular complexity index is 489. The molecular weight excluding hydrogens is 274 g/mol. The van der Waals surface area contributed by atoms with Crippen LogP contribution in [0.25, 0.3) is 0 Å². The number of aliphatic hydroxyl groups is 1. The molecule has 0 saturated carbocycles. The minimum atomic E-state index is -0.575. The minimum Gasteiger partial charge on any atom is -0.468 e. The number of halogens is 1. The van der Waals surface area contributed by atoms with Gasteiger partial charge in [-0.05, 0) is 12.8 Å². The van der Waals surface area contributed by atoms with E-state index in [-0.39, 0.29) is 18.2 Å². The quantitative estimate of drug-likeness (QED) is 0.552. The zero-order valence-electron chi connectivity index (χ0n) is 10.6. The van der Waals surface area contributed by atoms with Crippen molar-refractivity contribution in [3.8, 4) is 0 Å². The number of nitrogens with one attached hydrogen (secondary N) is 1. The summed E-state index contributed by atoms with van der Waals surface area (Å²) in [5.41, 5.74) is -0.148. The van der Waals surface area contributed by atoms with Crippen molar-refractivity contribution in [1.29, 1.82) is 0 Å². The summed E-state index contributed by atoms with van der Waals surface area (Å²) in [6, 6.07) is 0. The first kappa shape index (κ1) is 15.5. The normalized spacial score (nSPS) is 10.3. The van der Waals surface area contributed by atoms with E-state index in [9.17, 15) is 9.59 Å². The maximum atomic E-state index is 11.8. The van der Waals surface area contributed by atoms with E-state index in [1.807, 2.05) is 0 Å². The summed E-state index contributed by atoms with van der Waals surface area (Å²) in [5, 5.41) is 15.4. The minimum absolute atomic E-state index is 0.0251. The smallest absolute Gasteiger partial charge is 0.327 e. The van der Waals surface area contributed by atoms with Gasteiger partial charge in [-0.25, -0.2) is 4.68 Å². The number of ether oxygens (including phenoxy) is 1. The van der Waals surface area contributed by atoms with Gasteiger partial charge in [-0.15, -0.1) is 0 Å². The largest absolute Gasteiger partial charge is 0.468 e. The molecule has 1 heterocycles. The number of nitrogens with zero attached hydrogens (tertiary/aromatic N) is 2. The molecule has 0 aliphatic carbocycles. The van der Waals surface area contributed by atoms with Crippen molar-refractivity contribution < 1.29 is 14.6 Å². The lowest BCUT2D eigenvalue weighted by molar-refractivity contribution is -0.141. The van der Waals surface area contributed by atoms with Crippen molar-refractivity contribution in [2.75, 3.05) is 25.6 Å². The number of esters is 1. The van der Waals surface area contributed by atoms with Crippen molar-refractivity contribution in [3.63, 3.8) is 0 Å². The molecule has 0 saturated heterocycles. The van der Waals surface area contributed by atoms with Gasteiger partial charge >= 0.3 is 5.97 Å². The number of hydrogen-bond acceptors (Lipinski definition) is 6. The lowest BCUT2D eigenvalue weighted by Crippen LogP contribution is -2.28. The molecule has 0 fully saturated rings. The molecule has 0 unspecified atom stereocenters. The molecule has 1 aromatic rings. The Morgan fingerprint density at radius 3 is 2.95 bits per heavy atom. The van der Waals surface area contributed by atoms with E-state index in [0.29, 0.717) is 18.7 Å². The molecule has 0 aliphatic heterocycles. The van der Waals surface area contributed by atoms with Crippen LogP contribution in [0.2, 0.25) is 5.02 Å². The van der Waals surface area contributed by atoms with Crippen LogP contribution in [-0.2, 0) is 16.1 Å². The van der Waals surface area contributed by atoms with Gasteiger partial charge in [-0.3, -0.25) is 9.59 Å². The number of unbranched alkanes of at least 4 members (excludes halogenated alkanes) is 1. The van der Waals surface area contributed by atoms with Gasteiger partial charge in [0.25, 0.3) is 5.56 Å². The average Bonchev–Trinajstić information content (AvgIpc) is 2.42. The third-order valence-corrected chi connectivity index (χ3v) is 2.76. The van der Waals surface area contributed by atoms with Gasteiger partial charge in [0.15, 0.2) is 0 Å². The van der Waals surface area contributed by atoms with Crippen molar-refractivity contribution >= 4 is 23.3 Å². The van der Waals surface area contributed by atoms with Crippen molar-refractivity contribution in [3.05, 3.63) is 21.6 Å². The van der Waals surface area contributed by atoms with Crippen LogP contribution >= 0.6 is 11.6 Å². The highest BCUT2D eigenvalue weighted by molar-refractivity contribution is 6.32. The molecule has 1 aromatic heterocycles. The van der Waals surface area contributed by atoms with Gasteiger partial charge < -0.3 is 15.2 Å². The molecule has 7 nitrogen and oxygen atoms in total. The van der Waals surface area contributed by atoms with Crippen LogP contribution < -0.4 is 10.9 Å². The van der Waals surface area contributed by atoms with Crippen LogP contribution in [0.1, 0.15) is 12.8 Å². The Labute approximate surface area is 115 Å². The molecule has 1 rings (SSSR count). The van der Waals surface area contributed by atoms with Crippen molar-refractivity contribution in [1.82, 2.24) is 9.78 Å². The average molecular weight is 290 g/mol. The molecule has 0 spiro atoms. The Balaban J connectivity index is 2.74. The summed E-state index contributed by atoms with van der Waals surface area (Å²) < 4.78 is 5.39. The number of rotatable bonds is 7. The molecule has 106 valence electrons. The Hall–Kier alpha value is -1.60. The Morgan fingerprint density at radius 1 is 1.58 bits per heavy atom. The van der Waals surface area contributed by atoms with Gasteiger partial charge in [-0.2, -0.15) is 5.10 Å². The predicted molar refractivity (Wildman–Crippen MR) is 70.3 cm³/mol. The molecule has 2 N–H and O–H groups in total. The highest BCUT2D eigenvalue weighted by Gasteiger charge is 2.11. The lowest BCUT2D eigenvalue weighted by Gasteiger charge is -2.09. The van der Waals surface area contributed by atoms with E-state index < -0.39 is 11.5 Å². The van der Waals surface area contributed by atoms with E-state index in [1.54, 1.807) is 0 Å². The summed E-state index contributed by atoms with van der Waals surface area (Å²) in [7, 11) is 1.23. The van der Waals surface area contributed by atoms with E-state index in [4.69, 9.17) is 16.7 Å². The molecule has 8 heteroatoms. The zero-order chi connectivity index (χ0) is 14.3. The predicted octanol–water partition coefficient (Wildman–Crippen LogP) is 0.254. The number of carbonyl (C=O) groups is 1. The topological polar surface area (TPSA) is 93.5 Å². The first-order valence-corrected chi connectivity index (χ1v) is 6.15. The molecular formula is C11H16ClN3O4. The van der Waals surface area contributed by atoms with E-state index >= 15 is 0 Å². The second-order valence-corrected chi connectivity index (χ2v) is 4.15. The van der Waals surface area contributed by atoms with E-state index in [1.165, 1.54) is 13.3 Å². The number of methoxy groups -OCH3 is 1. The molecule has 19 heavy (non-hydrogen) atoms. The van der Waals surface area contributed by atoms with Crippen LogP contribution in [0, 0.1) is 0 Å². The summed E-state index contributed by atoms with van der Waals surface area (Å²) in [4.78, 5) is 22.9. The Morgan fingerprint density at radius 2 is 2.32 bits per heavy atom. The molecule has 0 amide bonds. The van der Waals surface area contributed by atoms with Gasteiger partial charge in [0.1, 0.15) is 11.6 Å². The number of aromatic nitrogens is 2. The van der Waals surface area contributed by atoms with Crippen LogP contribution in [0.4, 0.5) is 5.69 Å². The summed E-state index contributed by atoms with van der Waals surface area (Å²) in [5.74, 6) is -0.575. The molecule has 0 atom stereocenters. The SMILES string of the molecule is COC(=O)Cn1ncc(NCCCCO)c(Cl)c1=O.